The van der Waals surface area contributed by atoms with Crippen molar-refractivity contribution in [3.05, 3.63) is 59.2 Å². The minimum atomic E-state index is -0.0946. The van der Waals surface area contributed by atoms with Gasteiger partial charge in [-0.1, -0.05) is 30.7 Å². The summed E-state index contributed by atoms with van der Waals surface area (Å²) in [5.74, 6) is 0.0922. The minimum absolute atomic E-state index is 0.0946. The summed E-state index contributed by atoms with van der Waals surface area (Å²) in [5.41, 5.74) is 4.74. The van der Waals surface area contributed by atoms with E-state index >= 15 is 0 Å². The standard InChI is InChI=1S/C29H37N3O3/c1-20(2)35-17-14-30-28(33)22-8-6-21(7-9-22)23-10-11-27-24(18-23)12-16-32(29(27)34)26-13-15-31(19-26)25-4-3-5-25/h6-11,18,20,25-26H,3-5,12-17,19H2,1-2H3,(H,30,33)/t26-/m0/s1. The second-order valence-electron chi connectivity index (χ2n) is 10.4. The van der Waals surface area contributed by atoms with Crippen LogP contribution in [0.4, 0.5) is 0 Å². The molecule has 2 heterocycles. The summed E-state index contributed by atoms with van der Waals surface area (Å²) in [6.45, 7) is 7.93. The predicted molar refractivity (Wildman–Crippen MR) is 138 cm³/mol. The van der Waals surface area contributed by atoms with E-state index in [1.807, 2.05) is 50.2 Å². The van der Waals surface area contributed by atoms with Gasteiger partial charge in [0, 0.05) is 49.4 Å². The van der Waals surface area contributed by atoms with Crippen molar-refractivity contribution in [2.75, 3.05) is 32.8 Å². The number of benzene rings is 2. The first kappa shape index (κ1) is 24.0. The molecule has 2 aromatic carbocycles. The van der Waals surface area contributed by atoms with Gasteiger partial charge in [-0.25, -0.2) is 0 Å². The average molecular weight is 476 g/mol. The topological polar surface area (TPSA) is 61.9 Å². The van der Waals surface area contributed by atoms with E-state index in [1.54, 1.807) is 0 Å². The third-order valence-corrected chi connectivity index (χ3v) is 7.76. The molecular weight excluding hydrogens is 438 g/mol. The number of carbonyl (C=O) groups is 2. The molecule has 1 saturated heterocycles. The summed E-state index contributed by atoms with van der Waals surface area (Å²) in [5, 5.41) is 2.89. The molecule has 2 fully saturated rings. The minimum Gasteiger partial charge on any atom is -0.377 e. The zero-order valence-corrected chi connectivity index (χ0v) is 21.0. The van der Waals surface area contributed by atoms with Gasteiger partial charge in [0.05, 0.1) is 12.7 Å². The fraction of sp³-hybridized carbons (Fsp3) is 0.517. The van der Waals surface area contributed by atoms with Crippen molar-refractivity contribution >= 4 is 11.8 Å². The molecule has 186 valence electrons. The molecule has 35 heavy (non-hydrogen) atoms. The van der Waals surface area contributed by atoms with Crippen LogP contribution in [0.25, 0.3) is 11.1 Å². The molecule has 6 nitrogen and oxygen atoms in total. The first-order chi connectivity index (χ1) is 17.0. The lowest BCUT2D eigenvalue weighted by Gasteiger charge is -2.37. The molecule has 1 saturated carbocycles. The lowest BCUT2D eigenvalue weighted by molar-refractivity contribution is 0.0646. The third kappa shape index (κ3) is 5.29. The molecule has 2 aromatic rings. The third-order valence-electron chi connectivity index (χ3n) is 7.76. The number of fused-ring (bicyclic) bond motifs is 1. The van der Waals surface area contributed by atoms with Crippen LogP contribution in [-0.4, -0.2) is 72.6 Å². The van der Waals surface area contributed by atoms with Gasteiger partial charge in [-0.15, -0.1) is 0 Å². The second-order valence-corrected chi connectivity index (χ2v) is 10.4. The number of hydrogen-bond acceptors (Lipinski definition) is 4. The van der Waals surface area contributed by atoms with Gasteiger partial charge in [-0.3, -0.25) is 14.5 Å². The highest BCUT2D eigenvalue weighted by Crippen LogP contribution is 2.32. The fourth-order valence-electron chi connectivity index (χ4n) is 5.52. The number of nitrogens with zero attached hydrogens (tertiary/aromatic N) is 2. The molecule has 2 amide bonds. The smallest absolute Gasteiger partial charge is 0.254 e. The van der Waals surface area contributed by atoms with E-state index in [0.717, 1.165) is 60.8 Å². The number of carbonyl (C=O) groups excluding carboxylic acids is 2. The number of ether oxygens (including phenoxy) is 1. The molecule has 1 aliphatic carbocycles. The van der Waals surface area contributed by atoms with Crippen molar-refractivity contribution in [2.45, 2.75) is 64.1 Å². The maximum Gasteiger partial charge on any atom is 0.254 e. The molecule has 0 aromatic heterocycles. The van der Waals surface area contributed by atoms with Gasteiger partial charge in [-0.05, 0) is 74.4 Å². The Kier molecular flexibility index (Phi) is 7.21. The summed E-state index contributed by atoms with van der Waals surface area (Å²) in [7, 11) is 0. The number of amides is 2. The Hall–Kier alpha value is -2.70. The molecule has 1 N–H and O–H groups in total. The van der Waals surface area contributed by atoms with E-state index in [1.165, 1.54) is 19.3 Å². The van der Waals surface area contributed by atoms with Crippen LogP contribution >= 0.6 is 0 Å². The zero-order valence-electron chi connectivity index (χ0n) is 21.0. The Labute approximate surface area is 208 Å². The summed E-state index contributed by atoms with van der Waals surface area (Å²) < 4.78 is 5.47. The first-order valence-electron chi connectivity index (χ1n) is 13.2. The molecule has 0 unspecified atom stereocenters. The van der Waals surface area contributed by atoms with E-state index in [4.69, 9.17) is 4.74 Å². The van der Waals surface area contributed by atoms with Crippen molar-refractivity contribution < 1.29 is 14.3 Å². The number of likely N-dealkylation sites (tertiary alicyclic amines) is 1. The van der Waals surface area contributed by atoms with Crippen LogP contribution in [0.3, 0.4) is 0 Å². The van der Waals surface area contributed by atoms with E-state index in [-0.39, 0.29) is 17.9 Å². The Morgan fingerprint density at radius 2 is 1.80 bits per heavy atom. The zero-order chi connectivity index (χ0) is 24.4. The van der Waals surface area contributed by atoms with Crippen molar-refractivity contribution in [1.29, 1.82) is 0 Å². The summed E-state index contributed by atoms with van der Waals surface area (Å²) in [6, 6.07) is 15.0. The maximum absolute atomic E-state index is 13.3. The van der Waals surface area contributed by atoms with Gasteiger partial charge in [0.15, 0.2) is 0 Å². The number of hydrogen-bond donors (Lipinski definition) is 1. The highest BCUT2D eigenvalue weighted by atomic mass is 16.5. The van der Waals surface area contributed by atoms with Crippen LogP contribution in [-0.2, 0) is 11.2 Å². The molecular formula is C29H37N3O3. The van der Waals surface area contributed by atoms with Crippen LogP contribution in [0.1, 0.15) is 65.8 Å². The van der Waals surface area contributed by atoms with Crippen molar-refractivity contribution in [1.82, 2.24) is 15.1 Å². The highest BCUT2D eigenvalue weighted by Gasteiger charge is 2.37. The summed E-state index contributed by atoms with van der Waals surface area (Å²) >= 11 is 0. The lowest BCUT2D eigenvalue weighted by Crippen LogP contribution is -2.47. The van der Waals surface area contributed by atoms with E-state index in [9.17, 15) is 9.59 Å². The van der Waals surface area contributed by atoms with Crippen LogP contribution in [0, 0.1) is 0 Å². The van der Waals surface area contributed by atoms with Crippen LogP contribution < -0.4 is 5.32 Å². The van der Waals surface area contributed by atoms with Gasteiger partial charge in [0.1, 0.15) is 0 Å². The Balaban J connectivity index is 1.21. The van der Waals surface area contributed by atoms with Gasteiger partial charge in [-0.2, -0.15) is 0 Å². The maximum atomic E-state index is 13.3. The lowest BCUT2D eigenvalue weighted by atomic mass is 9.92. The number of nitrogens with one attached hydrogen (secondary N) is 1. The molecule has 6 heteroatoms. The molecule has 0 bridgehead atoms. The summed E-state index contributed by atoms with van der Waals surface area (Å²) in [4.78, 5) is 30.4. The van der Waals surface area contributed by atoms with Crippen LogP contribution in [0.15, 0.2) is 42.5 Å². The Bertz CT molecular complexity index is 1060. The highest BCUT2D eigenvalue weighted by molar-refractivity contribution is 5.98. The molecule has 5 rings (SSSR count). The van der Waals surface area contributed by atoms with Crippen molar-refractivity contribution in [2.24, 2.45) is 0 Å². The van der Waals surface area contributed by atoms with E-state index in [0.29, 0.717) is 24.8 Å². The van der Waals surface area contributed by atoms with Gasteiger partial charge in [0.25, 0.3) is 11.8 Å². The van der Waals surface area contributed by atoms with Crippen LogP contribution in [0.2, 0.25) is 0 Å². The van der Waals surface area contributed by atoms with Gasteiger partial charge < -0.3 is 15.0 Å². The van der Waals surface area contributed by atoms with Crippen molar-refractivity contribution in [3.8, 4) is 11.1 Å². The number of rotatable bonds is 8. The fourth-order valence-corrected chi connectivity index (χ4v) is 5.52. The Morgan fingerprint density at radius 1 is 1.03 bits per heavy atom. The molecule has 0 spiro atoms. The monoisotopic (exact) mass is 475 g/mol. The predicted octanol–water partition coefficient (Wildman–Crippen LogP) is 4.13. The molecule has 2 aliphatic heterocycles. The summed E-state index contributed by atoms with van der Waals surface area (Å²) in [6.07, 6.45) is 6.16. The van der Waals surface area contributed by atoms with Gasteiger partial charge in [0.2, 0.25) is 0 Å². The first-order valence-corrected chi connectivity index (χ1v) is 13.2. The SMILES string of the molecule is CC(C)OCCNC(=O)c1ccc(-c2ccc3c(c2)CCN([C@H]2CCN(C4CCC4)C2)C3=O)cc1. The van der Waals surface area contributed by atoms with Crippen molar-refractivity contribution in [3.63, 3.8) is 0 Å². The molecule has 1 atom stereocenters. The van der Waals surface area contributed by atoms with E-state index < -0.39 is 0 Å². The molecule has 0 radical (unpaired) electrons. The van der Waals surface area contributed by atoms with Crippen LogP contribution in [0.5, 0.6) is 0 Å². The largest absolute Gasteiger partial charge is 0.377 e. The quantitative estimate of drug-likeness (QED) is 0.583. The molecule has 3 aliphatic rings. The average Bonchev–Trinajstić information content (AvgIpc) is 3.29. The van der Waals surface area contributed by atoms with E-state index in [2.05, 4.69) is 21.2 Å². The second kappa shape index (κ2) is 10.5. The van der Waals surface area contributed by atoms with Gasteiger partial charge >= 0.3 is 0 Å². The Morgan fingerprint density at radius 3 is 2.51 bits per heavy atom. The normalized spacial score (nSPS) is 20.7.